The van der Waals surface area contributed by atoms with E-state index in [9.17, 15) is 0 Å². The molecular weight excluding hydrogens is 366 g/mol. The molecule has 162 valence electrons. The number of aryl methyl sites for hydroxylation is 1. The van der Waals surface area contributed by atoms with Crippen LogP contribution in [0.2, 0.25) is 0 Å². The number of nitrogens with zero attached hydrogens (tertiary/aromatic N) is 3. The summed E-state index contributed by atoms with van der Waals surface area (Å²) < 4.78 is 0. The third-order valence-corrected chi connectivity index (χ3v) is 6.95. The lowest BCUT2D eigenvalue weighted by Crippen LogP contribution is -2.55. The largest absolute Gasteiger partial charge is 0.299 e. The zero-order valence-corrected chi connectivity index (χ0v) is 19.2. The standard InChI is InChI=1S/C27H39N3/c1-22-7-9-25(10-8-22)20-29-17-23(2)30(24(3)18-29)21-27-13-11-26(12-14-27)19-28-15-5-4-6-16-28/h7-14,23-24H,4-6,15-21H2,1-3H3. The molecule has 2 aliphatic rings. The zero-order valence-electron chi connectivity index (χ0n) is 19.2. The first-order valence-electron chi connectivity index (χ1n) is 11.9. The first-order valence-corrected chi connectivity index (χ1v) is 11.9. The van der Waals surface area contributed by atoms with E-state index in [1.54, 1.807) is 0 Å². The van der Waals surface area contributed by atoms with Gasteiger partial charge in [-0.25, -0.2) is 0 Å². The molecule has 3 heteroatoms. The van der Waals surface area contributed by atoms with Crippen molar-refractivity contribution in [1.29, 1.82) is 0 Å². The van der Waals surface area contributed by atoms with Gasteiger partial charge in [0.1, 0.15) is 0 Å². The Morgan fingerprint density at radius 1 is 0.633 bits per heavy atom. The molecule has 3 nitrogen and oxygen atoms in total. The summed E-state index contributed by atoms with van der Waals surface area (Å²) >= 11 is 0. The Kier molecular flexibility index (Phi) is 7.24. The Labute approximate surface area is 183 Å². The summed E-state index contributed by atoms with van der Waals surface area (Å²) in [5.41, 5.74) is 5.68. The number of benzene rings is 2. The normalized spacial score (nSPS) is 24.2. The average molecular weight is 406 g/mol. The molecule has 2 unspecified atom stereocenters. The molecule has 0 spiro atoms. The molecule has 0 radical (unpaired) electrons. The summed E-state index contributed by atoms with van der Waals surface area (Å²) in [5, 5.41) is 0. The Morgan fingerprint density at radius 2 is 1.10 bits per heavy atom. The molecule has 0 aliphatic carbocycles. The fourth-order valence-electron chi connectivity index (χ4n) is 5.20. The van der Waals surface area contributed by atoms with Crippen LogP contribution in [0.1, 0.15) is 55.4 Å². The van der Waals surface area contributed by atoms with Crippen LogP contribution in [-0.2, 0) is 19.6 Å². The van der Waals surface area contributed by atoms with E-state index in [4.69, 9.17) is 0 Å². The van der Waals surface area contributed by atoms with Crippen LogP contribution in [0.5, 0.6) is 0 Å². The maximum atomic E-state index is 2.69. The molecule has 4 rings (SSSR count). The predicted molar refractivity (Wildman–Crippen MR) is 126 cm³/mol. The fourth-order valence-corrected chi connectivity index (χ4v) is 5.20. The van der Waals surface area contributed by atoms with E-state index in [2.05, 4.69) is 84.0 Å². The quantitative estimate of drug-likeness (QED) is 0.664. The highest BCUT2D eigenvalue weighted by Crippen LogP contribution is 2.21. The van der Waals surface area contributed by atoms with Gasteiger partial charge in [-0.15, -0.1) is 0 Å². The number of rotatable bonds is 6. The lowest BCUT2D eigenvalue weighted by molar-refractivity contribution is 0.0290. The summed E-state index contributed by atoms with van der Waals surface area (Å²) in [7, 11) is 0. The van der Waals surface area contributed by atoms with Crippen LogP contribution in [0.3, 0.4) is 0 Å². The Bertz CT molecular complexity index is 765. The molecular formula is C27H39N3. The average Bonchev–Trinajstić information content (AvgIpc) is 2.74. The van der Waals surface area contributed by atoms with Gasteiger partial charge in [-0.2, -0.15) is 0 Å². The summed E-state index contributed by atoms with van der Waals surface area (Å²) in [6.07, 6.45) is 4.14. The van der Waals surface area contributed by atoms with Crippen molar-refractivity contribution in [2.45, 2.75) is 71.8 Å². The zero-order chi connectivity index (χ0) is 20.9. The summed E-state index contributed by atoms with van der Waals surface area (Å²) in [6, 6.07) is 19.6. The Balaban J connectivity index is 1.30. The van der Waals surface area contributed by atoms with E-state index in [1.807, 2.05) is 0 Å². The maximum absolute atomic E-state index is 2.69. The molecule has 0 amide bonds. The van der Waals surface area contributed by atoms with Gasteiger partial charge in [0.25, 0.3) is 0 Å². The second kappa shape index (κ2) is 10.1. The number of hydrogen-bond acceptors (Lipinski definition) is 3. The summed E-state index contributed by atoms with van der Waals surface area (Å²) in [6.45, 7) is 15.0. The van der Waals surface area contributed by atoms with E-state index in [0.717, 1.165) is 32.7 Å². The highest BCUT2D eigenvalue weighted by atomic mass is 15.3. The first-order chi connectivity index (χ1) is 14.6. The minimum absolute atomic E-state index is 0.576. The van der Waals surface area contributed by atoms with Crippen LogP contribution in [0.25, 0.3) is 0 Å². The van der Waals surface area contributed by atoms with Gasteiger partial charge in [0.05, 0.1) is 0 Å². The summed E-state index contributed by atoms with van der Waals surface area (Å²) in [5.74, 6) is 0. The third-order valence-electron chi connectivity index (χ3n) is 6.95. The number of piperazine rings is 1. The minimum atomic E-state index is 0.576. The highest BCUT2D eigenvalue weighted by Gasteiger charge is 2.29. The SMILES string of the molecule is Cc1ccc(CN2CC(C)N(Cc3ccc(CN4CCCCC4)cc3)C(C)C2)cc1. The van der Waals surface area contributed by atoms with Gasteiger partial charge in [0, 0.05) is 44.8 Å². The molecule has 0 aromatic heterocycles. The first kappa shape index (κ1) is 21.5. The summed E-state index contributed by atoms with van der Waals surface area (Å²) in [4.78, 5) is 7.92. The molecule has 2 aliphatic heterocycles. The van der Waals surface area contributed by atoms with Crippen LogP contribution < -0.4 is 0 Å². The van der Waals surface area contributed by atoms with E-state index in [0.29, 0.717) is 12.1 Å². The molecule has 2 fully saturated rings. The highest BCUT2D eigenvalue weighted by molar-refractivity contribution is 5.23. The molecule has 0 N–H and O–H groups in total. The molecule has 2 heterocycles. The van der Waals surface area contributed by atoms with Gasteiger partial charge in [0.15, 0.2) is 0 Å². The second-order valence-corrected chi connectivity index (χ2v) is 9.70. The fraction of sp³-hybridized carbons (Fsp3) is 0.556. The molecule has 0 bridgehead atoms. The van der Waals surface area contributed by atoms with E-state index < -0.39 is 0 Å². The van der Waals surface area contributed by atoms with Gasteiger partial charge in [0.2, 0.25) is 0 Å². The van der Waals surface area contributed by atoms with Gasteiger partial charge in [-0.1, -0.05) is 60.5 Å². The topological polar surface area (TPSA) is 9.72 Å². The lowest BCUT2D eigenvalue weighted by Gasteiger charge is -2.44. The smallest absolute Gasteiger partial charge is 0.0240 e. The van der Waals surface area contributed by atoms with E-state index >= 15 is 0 Å². The molecule has 2 aromatic rings. The molecule has 2 aromatic carbocycles. The van der Waals surface area contributed by atoms with Crippen molar-refractivity contribution in [3.8, 4) is 0 Å². The van der Waals surface area contributed by atoms with Crippen LogP contribution in [-0.4, -0.2) is 53.0 Å². The van der Waals surface area contributed by atoms with Crippen LogP contribution in [0.15, 0.2) is 48.5 Å². The number of likely N-dealkylation sites (tertiary alicyclic amines) is 1. The van der Waals surface area contributed by atoms with Crippen molar-refractivity contribution < 1.29 is 0 Å². The Morgan fingerprint density at radius 3 is 1.67 bits per heavy atom. The van der Waals surface area contributed by atoms with Crippen molar-refractivity contribution in [2.75, 3.05) is 26.2 Å². The molecule has 30 heavy (non-hydrogen) atoms. The van der Waals surface area contributed by atoms with Gasteiger partial charge in [-0.3, -0.25) is 14.7 Å². The maximum Gasteiger partial charge on any atom is 0.0240 e. The number of piperidine rings is 1. The van der Waals surface area contributed by atoms with Crippen molar-refractivity contribution in [3.05, 3.63) is 70.8 Å². The van der Waals surface area contributed by atoms with Crippen molar-refractivity contribution in [3.63, 3.8) is 0 Å². The molecule has 0 saturated carbocycles. The van der Waals surface area contributed by atoms with E-state index in [-0.39, 0.29) is 0 Å². The molecule has 2 atom stereocenters. The molecule has 2 saturated heterocycles. The van der Waals surface area contributed by atoms with E-state index in [1.165, 1.54) is 54.6 Å². The minimum Gasteiger partial charge on any atom is -0.299 e. The van der Waals surface area contributed by atoms with Crippen molar-refractivity contribution >= 4 is 0 Å². The van der Waals surface area contributed by atoms with Gasteiger partial charge < -0.3 is 0 Å². The monoisotopic (exact) mass is 405 g/mol. The van der Waals surface area contributed by atoms with Gasteiger partial charge >= 0.3 is 0 Å². The predicted octanol–water partition coefficient (Wildman–Crippen LogP) is 5.08. The van der Waals surface area contributed by atoms with Gasteiger partial charge in [-0.05, 0) is 63.4 Å². The second-order valence-electron chi connectivity index (χ2n) is 9.70. The third kappa shape index (κ3) is 5.72. The number of hydrogen-bond donors (Lipinski definition) is 0. The Hall–Kier alpha value is -1.68. The lowest BCUT2D eigenvalue weighted by atomic mass is 10.0. The van der Waals surface area contributed by atoms with Crippen LogP contribution >= 0.6 is 0 Å². The van der Waals surface area contributed by atoms with Crippen LogP contribution in [0, 0.1) is 6.92 Å². The van der Waals surface area contributed by atoms with Crippen molar-refractivity contribution in [2.24, 2.45) is 0 Å². The van der Waals surface area contributed by atoms with Crippen molar-refractivity contribution in [1.82, 2.24) is 14.7 Å². The van der Waals surface area contributed by atoms with Crippen LogP contribution in [0.4, 0.5) is 0 Å².